The molecule has 1 aliphatic heterocycles. The Morgan fingerprint density at radius 3 is 2.58 bits per heavy atom. The van der Waals surface area contributed by atoms with Gasteiger partial charge in [-0.25, -0.2) is 4.39 Å². The molecule has 1 heterocycles. The third-order valence-electron chi connectivity index (χ3n) is 4.80. The second-order valence-electron chi connectivity index (χ2n) is 6.63. The molecule has 0 bridgehead atoms. The quantitative estimate of drug-likeness (QED) is 0.798. The average Bonchev–Trinajstić information content (AvgIpc) is 2.64. The summed E-state index contributed by atoms with van der Waals surface area (Å²) in [5.41, 5.74) is 2.26. The molecule has 0 N–H and O–H groups in total. The SMILES string of the molecule is Cc1ccccc1CC(=O)N1CCN(CCOc2cccc(F)c2)CC1. The van der Waals surface area contributed by atoms with E-state index in [1.165, 1.54) is 12.1 Å². The molecule has 5 heteroatoms. The molecule has 3 rings (SSSR count). The number of hydrogen-bond donors (Lipinski definition) is 0. The van der Waals surface area contributed by atoms with Crippen LogP contribution in [0.3, 0.4) is 0 Å². The van der Waals surface area contributed by atoms with Crippen molar-refractivity contribution < 1.29 is 13.9 Å². The number of carbonyl (C=O) groups is 1. The lowest BCUT2D eigenvalue weighted by atomic mass is 10.1. The summed E-state index contributed by atoms with van der Waals surface area (Å²) < 4.78 is 18.7. The van der Waals surface area contributed by atoms with Gasteiger partial charge in [0.2, 0.25) is 5.91 Å². The molecule has 1 aliphatic rings. The van der Waals surface area contributed by atoms with Gasteiger partial charge in [-0.2, -0.15) is 0 Å². The lowest BCUT2D eigenvalue weighted by molar-refractivity contribution is -0.132. The second kappa shape index (κ2) is 8.81. The predicted molar refractivity (Wildman–Crippen MR) is 99.8 cm³/mol. The third-order valence-corrected chi connectivity index (χ3v) is 4.80. The van der Waals surface area contributed by atoms with Crippen LogP contribution in [0.2, 0.25) is 0 Å². The fraction of sp³-hybridized carbons (Fsp3) is 0.381. The number of amides is 1. The average molecular weight is 356 g/mol. The van der Waals surface area contributed by atoms with Gasteiger partial charge in [-0.15, -0.1) is 0 Å². The Labute approximate surface area is 154 Å². The summed E-state index contributed by atoms with van der Waals surface area (Å²) in [6, 6.07) is 14.2. The van der Waals surface area contributed by atoms with Crippen LogP contribution >= 0.6 is 0 Å². The van der Waals surface area contributed by atoms with Crippen molar-refractivity contribution in [2.24, 2.45) is 0 Å². The van der Waals surface area contributed by atoms with Crippen molar-refractivity contribution in [1.82, 2.24) is 9.80 Å². The van der Waals surface area contributed by atoms with Gasteiger partial charge in [-0.05, 0) is 30.2 Å². The monoisotopic (exact) mass is 356 g/mol. The summed E-state index contributed by atoms with van der Waals surface area (Å²) in [7, 11) is 0. The van der Waals surface area contributed by atoms with Crippen molar-refractivity contribution in [3.63, 3.8) is 0 Å². The highest BCUT2D eigenvalue weighted by Crippen LogP contribution is 2.13. The van der Waals surface area contributed by atoms with Gasteiger partial charge in [0, 0.05) is 38.8 Å². The number of aryl methyl sites for hydroxylation is 1. The molecule has 2 aromatic rings. The molecule has 4 nitrogen and oxygen atoms in total. The van der Waals surface area contributed by atoms with E-state index >= 15 is 0 Å². The van der Waals surface area contributed by atoms with E-state index in [4.69, 9.17) is 4.74 Å². The van der Waals surface area contributed by atoms with E-state index in [0.29, 0.717) is 18.8 Å². The fourth-order valence-electron chi connectivity index (χ4n) is 3.15. The Morgan fingerprint density at radius 1 is 1.08 bits per heavy atom. The molecule has 0 spiro atoms. The number of nitrogens with zero attached hydrogens (tertiary/aromatic N) is 2. The summed E-state index contributed by atoms with van der Waals surface area (Å²) >= 11 is 0. The molecule has 0 unspecified atom stereocenters. The molecule has 0 atom stereocenters. The number of carbonyl (C=O) groups excluding carboxylic acids is 1. The van der Waals surface area contributed by atoms with Gasteiger partial charge in [0.25, 0.3) is 0 Å². The van der Waals surface area contributed by atoms with Crippen molar-refractivity contribution in [2.45, 2.75) is 13.3 Å². The van der Waals surface area contributed by atoms with Gasteiger partial charge in [0.15, 0.2) is 0 Å². The van der Waals surface area contributed by atoms with Crippen molar-refractivity contribution in [2.75, 3.05) is 39.3 Å². The first-order valence-electron chi connectivity index (χ1n) is 9.05. The molecule has 2 aromatic carbocycles. The number of rotatable bonds is 6. The van der Waals surface area contributed by atoms with Crippen molar-refractivity contribution in [3.8, 4) is 5.75 Å². The van der Waals surface area contributed by atoms with E-state index in [1.807, 2.05) is 36.1 Å². The standard InChI is InChI=1S/C21H25FN2O2/c1-17-5-2-3-6-18(17)15-21(25)24-11-9-23(10-12-24)13-14-26-20-8-4-7-19(22)16-20/h2-8,16H,9-15H2,1H3. The van der Waals surface area contributed by atoms with E-state index in [-0.39, 0.29) is 11.7 Å². The van der Waals surface area contributed by atoms with Crippen molar-refractivity contribution in [3.05, 3.63) is 65.5 Å². The minimum absolute atomic E-state index is 0.190. The maximum atomic E-state index is 13.1. The van der Waals surface area contributed by atoms with Gasteiger partial charge in [0.05, 0.1) is 6.42 Å². The van der Waals surface area contributed by atoms with E-state index in [2.05, 4.69) is 4.90 Å². The van der Waals surface area contributed by atoms with Crippen LogP contribution in [0.15, 0.2) is 48.5 Å². The Hall–Kier alpha value is -2.40. The largest absolute Gasteiger partial charge is 0.492 e. The first-order chi connectivity index (χ1) is 12.6. The molecule has 1 saturated heterocycles. The van der Waals surface area contributed by atoms with E-state index in [0.717, 1.165) is 43.9 Å². The van der Waals surface area contributed by atoms with Crippen molar-refractivity contribution >= 4 is 5.91 Å². The highest BCUT2D eigenvalue weighted by atomic mass is 19.1. The van der Waals surface area contributed by atoms with Gasteiger partial charge < -0.3 is 9.64 Å². The smallest absolute Gasteiger partial charge is 0.227 e. The molecule has 0 aromatic heterocycles. The molecule has 138 valence electrons. The zero-order chi connectivity index (χ0) is 18.4. The molecule has 0 saturated carbocycles. The van der Waals surface area contributed by atoms with Gasteiger partial charge in [-0.1, -0.05) is 30.3 Å². The van der Waals surface area contributed by atoms with Crippen LogP contribution in [0, 0.1) is 12.7 Å². The zero-order valence-corrected chi connectivity index (χ0v) is 15.2. The number of benzene rings is 2. The lowest BCUT2D eigenvalue weighted by Crippen LogP contribution is -2.50. The van der Waals surface area contributed by atoms with Crippen LogP contribution in [0.5, 0.6) is 5.75 Å². The Morgan fingerprint density at radius 2 is 1.85 bits per heavy atom. The highest BCUT2D eigenvalue weighted by molar-refractivity contribution is 5.79. The molecule has 1 amide bonds. The lowest BCUT2D eigenvalue weighted by Gasteiger charge is -2.34. The fourth-order valence-corrected chi connectivity index (χ4v) is 3.15. The highest BCUT2D eigenvalue weighted by Gasteiger charge is 2.21. The van der Waals surface area contributed by atoms with E-state index < -0.39 is 0 Å². The van der Waals surface area contributed by atoms with Crippen LogP contribution in [0.25, 0.3) is 0 Å². The van der Waals surface area contributed by atoms with Crippen LogP contribution in [0.4, 0.5) is 4.39 Å². The Kier molecular flexibility index (Phi) is 6.23. The predicted octanol–water partition coefficient (Wildman–Crippen LogP) is 2.90. The summed E-state index contributed by atoms with van der Waals surface area (Å²) in [4.78, 5) is 16.7. The van der Waals surface area contributed by atoms with Crippen molar-refractivity contribution in [1.29, 1.82) is 0 Å². The third kappa shape index (κ3) is 5.05. The molecule has 26 heavy (non-hydrogen) atoms. The minimum Gasteiger partial charge on any atom is -0.492 e. The molecular weight excluding hydrogens is 331 g/mol. The molecule has 1 fully saturated rings. The van der Waals surface area contributed by atoms with E-state index in [9.17, 15) is 9.18 Å². The molecule has 0 radical (unpaired) electrons. The summed E-state index contributed by atoms with van der Waals surface area (Å²) in [5.74, 6) is 0.454. The summed E-state index contributed by atoms with van der Waals surface area (Å²) in [5, 5.41) is 0. The van der Waals surface area contributed by atoms with Gasteiger partial charge in [-0.3, -0.25) is 9.69 Å². The molecule has 0 aliphatic carbocycles. The first-order valence-corrected chi connectivity index (χ1v) is 9.05. The van der Waals surface area contributed by atoms with Crippen LogP contribution < -0.4 is 4.74 Å². The Bertz CT molecular complexity index is 742. The number of ether oxygens (including phenoxy) is 1. The molecular formula is C21H25FN2O2. The topological polar surface area (TPSA) is 32.8 Å². The van der Waals surface area contributed by atoms with Gasteiger partial charge in [0.1, 0.15) is 18.2 Å². The second-order valence-corrected chi connectivity index (χ2v) is 6.63. The summed E-state index contributed by atoms with van der Waals surface area (Å²) in [6.07, 6.45) is 0.468. The number of hydrogen-bond acceptors (Lipinski definition) is 3. The Balaban J connectivity index is 1.40. The first kappa shape index (κ1) is 18.4. The van der Waals surface area contributed by atoms with Crippen LogP contribution in [-0.4, -0.2) is 55.0 Å². The van der Waals surface area contributed by atoms with Crippen LogP contribution in [-0.2, 0) is 11.2 Å². The normalized spacial score (nSPS) is 15.1. The minimum atomic E-state index is -0.289. The van der Waals surface area contributed by atoms with E-state index in [1.54, 1.807) is 12.1 Å². The number of halogens is 1. The summed E-state index contributed by atoms with van der Waals surface area (Å²) in [6.45, 7) is 6.49. The van der Waals surface area contributed by atoms with Crippen LogP contribution in [0.1, 0.15) is 11.1 Å². The number of piperazine rings is 1. The maximum Gasteiger partial charge on any atom is 0.227 e. The maximum absolute atomic E-state index is 13.1. The zero-order valence-electron chi connectivity index (χ0n) is 15.2. The van der Waals surface area contributed by atoms with Gasteiger partial charge >= 0.3 is 0 Å².